The molecule has 2 heterocycles. The van der Waals surface area contributed by atoms with Crippen molar-refractivity contribution in [3.8, 4) is 11.8 Å². The third-order valence-electron chi connectivity index (χ3n) is 6.73. The van der Waals surface area contributed by atoms with Gasteiger partial charge in [-0.2, -0.15) is 0 Å². The van der Waals surface area contributed by atoms with Gasteiger partial charge in [0, 0.05) is 30.4 Å². The zero-order chi connectivity index (χ0) is 20.4. The van der Waals surface area contributed by atoms with Gasteiger partial charge in [-0.1, -0.05) is 50.2 Å². The van der Waals surface area contributed by atoms with E-state index in [0.29, 0.717) is 18.9 Å². The number of aliphatic hydroxyl groups is 1. The molecule has 154 valence electrons. The first-order valence-electron chi connectivity index (χ1n) is 10.9. The highest BCUT2D eigenvalue weighted by Gasteiger charge is 2.54. The molecular weight excluding hydrogens is 364 g/mol. The molecule has 29 heavy (non-hydrogen) atoms. The molecule has 3 fully saturated rings. The van der Waals surface area contributed by atoms with Gasteiger partial charge < -0.3 is 14.9 Å². The van der Waals surface area contributed by atoms with Gasteiger partial charge in [-0.25, -0.2) is 0 Å². The quantitative estimate of drug-likeness (QED) is 0.802. The van der Waals surface area contributed by atoms with Crippen molar-refractivity contribution in [1.82, 2.24) is 9.80 Å². The number of nitrogens with zero attached hydrogens (tertiary/aromatic N) is 2. The number of rotatable bonds is 3. The summed E-state index contributed by atoms with van der Waals surface area (Å²) in [6.45, 7) is 2.43. The van der Waals surface area contributed by atoms with Crippen molar-refractivity contribution in [2.24, 2.45) is 5.92 Å². The van der Waals surface area contributed by atoms with Gasteiger partial charge in [0.2, 0.25) is 11.8 Å². The maximum Gasteiger partial charge on any atom is 0.242 e. The molecule has 1 aromatic rings. The van der Waals surface area contributed by atoms with Crippen LogP contribution in [-0.2, 0) is 9.59 Å². The van der Waals surface area contributed by atoms with Crippen LogP contribution >= 0.6 is 0 Å². The lowest BCUT2D eigenvalue weighted by atomic mass is 9.73. The Balaban J connectivity index is 1.48. The molecule has 4 rings (SSSR count). The lowest BCUT2D eigenvalue weighted by molar-refractivity contribution is -0.166. The predicted molar refractivity (Wildman–Crippen MR) is 111 cm³/mol. The second-order valence-corrected chi connectivity index (χ2v) is 8.50. The first kappa shape index (κ1) is 20.0. The molecule has 5 heteroatoms. The molecule has 1 aromatic carbocycles. The number of hydrogen-bond donors (Lipinski definition) is 1. The van der Waals surface area contributed by atoms with Gasteiger partial charge >= 0.3 is 0 Å². The molecule has 2 amide bonds. The molecule has 0 spiro atoms. The zero-order valence-corrected chi connectivity index (χ0v) is 17.1. The number of carbonyl (C=O) groups is 2. The molecular formula is C24H30N2O3. The van der Waals surface area contributed by atoms with Gasteiger partial charge in [0.15, 0.2) is 0 Å². The van der Waals surface area contributed by atoms with E-state index < -0.39 is 0 Å². The van der Waals surface area contributed by atoms with Crippen molar-refractivity contribution < 1.29 is 14.7 Å². The van der Waals surface area contributed by atoms with Crippen LogP contribution in [0.4, 0.5) is 0 Å². The molecule has 5 nitrogen and oxygen atoms in total. The van der Waals surface area contributed by atoms with Gasteiger partial charge in [0.1, 0.15) is 0 Å². The molecule has 3 aliphatic rings. The Hall–Kier alpha value is -2.32. The van der Waals surface area contributed by atoms with Crippen LogP contribution in [0.1, 0.15) is 62.5 Å². The number of piperazine rings is 1. The normalized spacial score (nSPS) is 27.0. The van der Waals surface area contributed by atoms with E-state index in [9.17, 15) is 14.7 Å². The Morgan fingerprint density at radius 3 is 2.55 bits per heavy atom. The molecule has 2 saturated heterocycles. The summed E-state index contributed by atoms with van der Waals surface area (Å²) >= 11 is 0. The minimum absolute atomic E-state index is 0.0116. The number of carbonyl (C=O) groups excluding carboxylic acids is 2. The number of hydrogen-bond acceptors (Lipinski definition) is 3. The largest absolute Gasteiger partial charge is 0.394 e. The summed E-state index contributed by atoms with van der Waals surface area (Å²) in [7, 11) is 0. The fourth-order valence-electron chi connectivity index (χ4n) is 5.13. The Labute approximate surface area is 173 Å². The average Bonchev–Trinajstić information content (AvgIpc) is 2.74. The van der Waals surface area contributed by atoms with Crippen molar-refractivity contribution >= 4 is 11.8 Å². The van der Waals surface area contributed by atoms with E-state index in [0.717, 1.165) is 11.1 Å². The average molecular weight is 395 g/mol. The summed E-state index contributed by atoms with van der Waals surface area (Å²) in [5.41, 5.74) is 2.12. The molecule has 1 N–H and O–H groups in total. The minimum Gasteiger partial charge on any atom is -0.394 e. The van der Waals surface area contributed by atoms with Crippen LogP contribution in [0.25, 0.3) is 0 Å². The van der Waals surface area contributed by atoms with Crippen molar-refractivity contribution in [2.75, 3.05) is 19.7 Å². The third kappa shape index (κ3) is 3.91. The van der Waals surface area contributed by atoms with E-state index in [1.807, 2.05) is 19.1 Å². The van der Waals surface area contributed by atoms with E-state index in [2.05, 4.69) is 24.0 Å². The number of aliphatic hydroxyl groups excluding tert-OH is 1. The summed E-state index contributed by atoms with van der Waals surface area (Å²) in [6, 6.07) is 7.97. The summed E-state index contributed by atoms with van der Waals surface area (Å²) in [5, 5.41) is 9.88. The monoisotopic (exact) mass is 394 g/mol. The molecule has 0 aromatic heterocycles. The molecule has 2 aliphatic heterocycles. The summed E-state index contributed by atoms with van der Waals surface area (Å²) in [4.78, 5) is 28.1. The molecule has 0 unspecified atom stereocenters. The lowest BCUT2D eigenvalue weighted by Crippen LogP contribution is -2.73. The maximum atomic E-state index is 12.5. The minimum atomic E-state index is -0.203. The fourth-order valence-corrected chi connectivity index (χ4v) is 5.13. The van der Waals surface area contributed by atoms with Crippen LogP contribution in [-0.4, -0.2) is 58.5 Å². The summed E-state index contributed by atoms with van der Waals surface area (Å²) in [6.07, 6.45) is 6.74. The van der Waals surface area contributed by atoms with Crippen molar-refractivity contribution in [2.45, 2.75) is 63.5 Å². The first-order chi connectivity index (χ1) is 14.1. The molecule has 0 radical (unpaired) electrons. The van der Waals surface area contributed by atoms with E-state index in [-0.39, 0.29) is 43.0 Å². The number of amides is 2. The SMILES string of the molecule is CCC(=O)N1CC(=O)N2[C@H](C1)[C@@H](c1ccc(C#CC3CCCCC3)cc1)[C@@H]2CO. The Kier molecular flexibility index (Phi) is 5.91. The molecule has 1 saturated carbocycles. The van der Waals surface area contributed by atoms with E-state index in [1.165, 1.54) is 32.1 Å². The highest BCUT2D eigenvalue weighted by atomic mass is 16.3. The Morgan fingerprint density at radius 1 is 1.17 bits per heavy atom. The second kappa shape index (κ2) is 8.59. The zero-order valence-electron chi connectivity index (χ0n) is 17.1. The Bertz CT molecular complexity index is 817. The highest BCUT2D eigenvalue weighted by Crippen LogP contribution is 2.43. The van der Waals surface area contributed by atoms with Crippen molar-refractivity contribution in [3.63, 3.8) is 0 Å². The Morgan fingerprint density at radius 2 is 1.90 bits per heavy atom. The smallest absolute Gasteiger partial charge is 0.242 e. The van der Waals surface area contributed by atoms with Gasteiger partial charge in [-0.05, 0) is 30.5 Å². The summed E-state index contributed by atoms with van der Waals surface area (Å²) in [5.74, 6) is 7.27. The van der Waals surface area contributed by atoms with Crippen LogP contribution < -0.4 is 0 Å². The van der Waals surface area contributed by atoms with Crippen LogP contribution in [0.15, 0.2) is 24.3 Å². The maximum absolute atomic E-state index is 12.5. The predicted octanol–water partition coefficient (Wildman–Crippen LogP) is 2.53. The van der Waals surface area contributed by atoms with Crippen LogP contribution in [0.2, 0.25) is 0 Å². The van der Waals surface area contributed by atoms with Crippen molar-refractivity contribution in [3.05, 3.63) is 35.4 Å². The number of benzene rings is 1. The molecule has 1 aliphatic carbocycles. The fraction of sp³-hybridized carbons (Fsp3) is 0.583. The highest BCUT2D eigenvalue weighted by molar-refractivity contribution is 5.87. The van der Waals surface area contributed by atoms with Crippen LogP contribution in [0, 0.1) is 17.8 Å². The lowest BCUT2D eigenvalue weighted by Gasteiger charge is -2.58. The van der Waals surface area contributed by atoms with Gasteiger partial charge in [0.05, 0.1) is 25.2 Å². The van der Waals surface area contributed by atoms with E-state index in [4.69, 9.17) is 0 Å². The molecule has 0 bridgehead atoms. The summed E-state index contributed by atoms with van der Waals surface area (Å²) < 4.78 is 0. The van der Waals surface area contributed by atoms with Crippen LogP contribution in [0.3, 0.4) is 0 Å². The second-order valence-electron chi connectivity index (χ2n) is 8.50. The topological polar surface area (TPSA) is 60.9 Å². The van der Waals surface area contributed by atoms with Gasteiger partial charge in [-0.3, -0.25) is 9.59 Å². The molecule has 3 atom stereocenters. The van der Waals surface area contributed by atoms with Gasteiger partial charge in [-0.15, -0.1) is 0 Å². The van der Waals surface area contributed by atoms with E-state index >= 15 is 0 Å². The van der Waals surface area contributed by atoms with Crippen molar-refractivity contribution in [1.29, 1.82) is 0 Å². The van der Waals surface area contributed by atoms with E-state index in [1.54, 1.807) is 9.80 Å². The van der Waals surface area contributed by atoms with Crippen LogP contribution in [0.5, 0.6) is 0 Å². The number of fused-ring (bicyclic) bond motifs is 1. The standard InChI is InChI=1S/C24H30N2O3/c1-2-22(28)25-14-20-24(21(16-27)26(20)23(29)15-25)19-12-10-18(11-13-19)9-8-17-6-4-3-5-7-17/h10-13,17,20-21,24,27H,2-7,14-16H2,1H3/t20-,21+,24-/m1/s1. The third-order valence-corrected chi connectivity index (χ3v) is 6.73. The first-order valence-corrected chi connectivity index (χ1v) is 10.9. The van der Waals surface area contributed by atoms with Gasteiger partial charge in [0.25, 0.3) is 0 Å².